The van der Waals surface area contributed by atoms with E-state index >= 15 is 0 Å². The van der Waals surface area contributed by atoms with E-state index in [1.54, 1.807) is 0 Å². The van der Waals surface area contributed by atoms with Crippen LogP contribution in [0.15, 0.2) is 85.2 Å². The number of pyridine rings is 1. The first-order valence-electron chi connectivity index (χ1n) is 9.16. The fraction of sp³-hybridized carbons (Fsp3) is 0.130. The van der Waals surface area contributed by atoms with Gasteiger partial charge in [0, 0.05) is 24.7 Å². The number of aromatic nitrogens is 2. The number of nitrogens with one attached hydrogen (secondary N) is 1. The molecule has 2 aromatic heterocycles. The van der Waals surface area contributed by atoms with E-state index in [4.69, 9.17) is 0 Å². The molecule has 0 fully saturated rings. The minimum absolute atomic E-state index is 0.0393. The van der Waals surface area contributed by atoms with Gasteiger partial charge in [-0.1, -0.05) is 48.5 Å². The topological polar surface area (TPSA) is 46.4 Å². The number of amides is 1. The maximum atomic E-state index is 12.3. The van der Waals surface area contributed by atoms with Crippen LogP contribution >= 0.6 is 0 Å². The summed E-state index contributed by atoms with van der Waals surface area (Å²) in [6.45, 7) is 0.626. The lowest BCUT2D eigenvalue weighted by atomic mass is 10.0. The number of fused-ring (bicyclic) bond motifs is 1. The molecule has 2 aromatic carbocycles. The molecule has 134 valence electrons. The number of carbonyl (C=O) groups is 1. The summed E-state index contributed by atoms with van der Waals surface area (Å²) >= 11 is 0. The van der Waals surface area contributed by atoms with Crippen LogP contribution in [-0.4, -0.2) is 21.8 Å². The normalized spacial score (nSPS) is 10.8. The van der Waals surface area contributed by atoms with Gasteiger partial charge in [-0.25, -0.2) is 4.98 Å². The molecule has 0 spiro atoms. The molecule has 0 saturated carbocycles. The van der Waals surface area contributed by atoms with Gasteiger partial charge >= 0.3 is 0 Å². The zero-order valence-electron chi connectivity index (χ0n) is 15.0. The van der Waals surface area contributed by atoms with Crippen LogP contribution in [0.3, 0.4) is 0 Å². The molecule has 1 amide bonds. The summed E-state index contributed by atoms with van der Waals surface area (Å²) < 4.78 is 2.09. The Morgan fingerprint density at radius 3 is 2.44 bits per heavy atom. The molecular formula is C23H21N3O. The molecule has 0 aliphatic heterocycles. The van der Waals surface area contributed by atoms with Crippen molar-refractivity contribution >= 4 is 11.4 Å². The number of rotatable bonds is 6. The fourth-order valence-corrected chi connectivity index (χ4v) is 3.18. The number of imidazole rings is 1. The van der Waals surface area contributed by atoms with E-state index in [0.29, 0.717) is 12.1 Å². The van der Waals surface area contributed by atoms with Crippen LogP contribution in [0.1, 0.15) is 22.6 Å². The van der Waals surface area contributed by atoms with Gasteiger partial charge in [0.2, 0.25) is 0 Å². The third-order valence-electron chi connectivity index (χ3n) is 4.63. The second-order valence-corrected chi connectivity index (χ2v) is 6.47. The van der Waals surface area contributed by atoms with Crippen molar-refractivity contribution in [3.05, 3.63) is 96.6 Å². The Morgan fingerprint density at radius 2 is 1.63 bits per heavy atom. The average molecular weight is 355 g/mol. The summed E-state index contributed by atoms with van der Waals surface area (Å²) in [5.74, 6) is 0.981. The fourth-order valence-electron chi connectivity index (χ4n) is 3.18. The van der Waals surface area contributed by atoms with Crippen LogP contribution < -0.4 is 5.32 Å². The maximum absolute atomic E-state index is 12.3. The molecule has 4 nitrogen and oxygen atoms in total. The predicted octanol–water partition coefficient (Wildman–Crippen LogP) is 4.36. The lowest BCUT2D eigenvalue weighted by molar-refractivity contribution is 0.0953. The van der Waals surface area contributed by atoms with Crippen LogP contribution in [-0.2, 0) is 6.42 Å². The maximum Gasteiger partial charge on any atom is 0.251 e. The van der Waals surface area contributed by atoms with Gasteiger partial charge in [-0.05, 0) is 41.8 Å². The number of benzene rings is 2. The van der Waals surface area contributed by atoms with Gasteiger partial charge in [0.25, 0.3) is 5.91 Å². The minimum atomic E-state index is -0.0393. The van der Waals surface area contributed by atoms with E-state index in [9.17, 15) is 4.79 Å². The van der Waals surface area contributed by atoms with Crippen LogP contribution in [0.25, 0.3) is 16.6 Å². The molecular weight excluding hydrogens is 334 g/mol. The smallest absolute Gasteiger partial charge is 0.251 e. The second-order valence-electron chi connectivity index (χ2n) is 6.47. The van der Waals surface area contributed by atoms with E-state index in [1.165, 1.54) is 0 Å². The Kier molecular flexibility index (Phi) is 4.97. The first-order valence-corrected chi connectivity index (χ1v) is 9.16. The standard InChI is InChI=1S/C23H21N3O/c27-23(20-13-11-19(12-14-20)18-7-2-1-3-8-18)24-15-6-10-22-25-17-21-9-4-5-16-26(21)22/h1-5,7-9,11-14,16-17H,6,10,15H2,(H,24,27). The van der Waals surface area contributed by atoms with E-state index in [-0.39, 0.29) is 5.91 Å². The first-order chi connectivity index (χ1) is 13.3. The van der Waals surface area contributed by atoms with Gasteiger partial charge in [0.15, 0.2) is 0 Å². The Morgan fingerprint density at radius 1 is 0.889 bits per heavy atom. The van der Waals surface area contributed by atoms with Crippen molar-refractivity contribution in [2.24, 2.45) is 0 Å². The molecule has 1 N–H and O–H groups in total. The molecule has 2 heterocycles. The molecule has 0 atom stereocenters. The number of hydrogen-bond donors (Lipinski definition) is 1. The summed E-state index contributed by atoms with van der Waals surface area (Å²) in [5.41, 5.74) is 4.03. The molecule has 0 radical (unpaired) electrons. The largest absolute Gasteiger partial charge is 0.352 e. The zero-order valence-corrected chi connectivity index (χ0v) is 15.0. The van der Waals surface area contributed by atoms with Crippen molar-refractivity contribution in [1.29, 1.82) is 0 Å². The highest BCUT2D eigenvalue weighted by molar-refractivity contribution is 5.94. The summed E-state index contributed by atoms with van der Waals surface area (Å²) in [5, 5.41) is 2.99. The molecule has 0 saturated heterocycles. The molecule has 0 unspecified atom stereocenters. The van der Waals surface area contributed by atoms with Crippen molar-refractivity contribution in [3.8, 4) is 11.1 Å². The van der Waals surface area contributed by atoms with Gasteiger partial charge in [0.05, 0.1) is 11.7 Å². The van der Waals surface area contributed by atoms with Crippen molar-refractivity contribution in [1.82, 2.24) is 14.7 Å². The lowest BCUT2D eigenvalue weighted by Gasteiger charge is -2.07. The number of hydrogen-bond acceptors (Lipinski definition) is 2. The molecule has 4 heteroatoms. The van der Waals surface area contributed by atoms with Crippen LogP contribution in [0, 0.1) is 0 Å². The van der Waals surface area contributed by atoms with E-state index in [2.05, 4.69) is 26.8 Å². The van der Waals surface area contributed by atoms with Crippen molar-refractivity contribution < 1.29 is 4.79 Å². The number of nitrogens with zero attached hydrogens (tertiary/aromatic N) is 2. The lowest BCUT2D eigenvalue weighted by Crippen LogP contribution is -2.24. The van der Waals surface area contributed by atoms with Crippen LogP contribution in [0.4, 0.5) is 0 Å². The van der Waals surface area contributed by atoms with Gasteiger partial charge in [-0.2, -0.15) is 0 Å². The molecule has 0 bridgehead atoms. The Balaban J connectivity index is 1.30. The van der Waals surface area contributed by atoms with Crippen LogP contribution in [0.2, 0.25) is 0 Å². The molecule has 0 aliphatic rings. The Bertz CT molecular complexity index is 1040. The Labute approximate surface area is 158 Å². The highest BCUT2D eigenvalue weighted by Gasteiger charge is 2.07. The third kappa shape index (κ3) is 3.90. The average Bonchev–Trinajstić information content (AvgIpc) is 3.15. The van der Waals surface area contributed by atoms with Gasteiger partial charge < -0.3 is 9.72 Å². The zero-order chi connectivity index (χ0) is 18.5. The Hall–Kier alpha value is -3.40. The molecule has 4 aromatic rings. The van der Waals surface area contributed by atoms with Gasteiger partial charge in [-0.3, -0.25) is 4.79 Å². The van der Waals surface area contributed by atoms with E-state index < -0.39 is 0 Å². The van der Waals surface area contributed by atoms with Gasteiger partial charge in [-0.15, -0.1) is 0 Å². The van der Waals surface area contributed by atoms with E-state index in [0.717, 1.165) is 35.3 Å². The molecule has 4 rings (SSSR count). The predicted molar refractivity (Wildman–Crippen MR) is 108 cm³/mol. The SMILES string of the molecule is O=C(NCCCc1ncc2ccccn12)c1ccc(-c2ccccc2)cc1. The third-order valence-corrected chi connectivity index (χ3v) is 4.63. The number of carbonyl (C=O) groups excluding carboxylic acids is 1. The van der Waals surface area contributed by atoms with Crippen molar-refractivity contribution in [2.45, 2.75) is 12.8 Å². The molecule has 0 aliphatic carbocycles. The van der Waals surface area contributed by atoms with Crippen molar-refractivity contribution in [3.63, 3.8) is 0 Å². The second kappa shape index (κ2) is 7.87. The van der Waals surface area contributed by atoms with E-state index in [1.807, 2.05) is 73.1 Å². The van der Waals surface area contributed by atoms with Crippen molar-refractivity contribution in [2.75, 3.05) is 6.54 Å². The highest BCUT2D eigenvalue weighted by atomic mass is 16.1. The first kappa shape index (κ1) is 17.0. The van der Waals surface area contributed by atoms with Crippen LogP contribution in [0.5, 0.6) is 0 Å². The quantitative estimate of drug-likeness (QED) is 0.522. The highest BCUT2D eigenvalue weighted by Crippen LogP contribution is 2.19. The number of aryl methyl sites for hydroxylation is 1. The monoisotopic (exact) mass is 355 g/mol. The summed E-state index contributed by atoms with van der Waals surface area (Å²) in [6, 6.07) is 23.9. The summed E-state index contributed by atoms with van der Waals surface area (Å²) in [6.07, 6.45) is 5.57. The summed E-state index contributed by atoms with van der Waals surface area (Å²) in [4.78, 5) is 16.8. The minimum Gasteiger partial charge on any atom is -0.352 e. The molecule has 27 heavy (non-hydrogen) atoms. The summed E-state index contributed by atoms with van der Waals surface area (Å²) in [7, 11) is 0. The van der Waals surface area contributed by atoms with Gasteiger partial charge in [0.1, 0.15) is 5.82 Å².